The van der Waals surface area contributed by atoms with E-state index in [-0.39, 0.29) is 10.6 Å². The Labute approximate surface area is 148 Å². The fraction of sp³-hybridized carbons (Fsp3) is 0.333. The van der Waals surface area contributed by atoms with Crippen molar-refractivity contribution in [3.05, 3.63) is 47.5 Å². The largest absolute Gasteiger partial charge is 0.398 e. The van der Waals surface area contributed by atoms with Gasteiger partial charge in [-0.2, -0.15) is 13.5 Å². The lowest BCUT2D eigenvalue weighted by Crippen LogP contribution is -2.00. The molecule has 0 saturated carbocycles. The molecule has 134 valence electrons. The molecule has 0 saturated heterocycles. The van der Waals surface area contributed by atoms with Crippen molar-refractivity contribution in [1.82, 2.24) is 0 Å². The van der Waals surface area contributed by atoms with Gasteiger partial charge in [-0.3, -0.25) is 4.55 Å². The molecule has 0 fully saturated rings. The highest BCUT2D eigenvalue weighted by Gasteiger charge is 2.14. The molecule has 6 nitrogen and oxygen atoms in total. The highest BCUT2D eigenvalue weighted by molar-refractivity contribution is 7.86. The third-order valence-corrected chi connectivity index (χ3v) is 4.69. The Hall–Kier alpha value is -2.25. The van der Waals surface area contributed by atoms with Gasteiger partial charge in [0.1, 0.15) is 10.6 Å². The first-order chi connectivity index (χ1) is 11.9. The van der Waals surface area contributed by atoms with Gasteiger partial charge in [0.15, 0.2) is 0 Å². The SMILES string of the molecule is CCCc1cc(N=Nc2ccccc2S(=O)(=O)O)cc(CCC)c1N. The highest BCUT2D eigenvalue weighted by atomic mass is 32.2. The topological polar surface area (TPSA) is 105 Å². The van der Waals surface area contributed by atoms with Gasteiger partial charge < -0.3 is 5.73 Å². The number of rotatable bonds is 7. The van der Waals surface area contributed by atoms with Crippen LogP contribution in [0.1, 0.15) is 37.8 Å². The molecule has 0 unspecified atom stereocenters. The van der Waals surface area contributed by atoms with E-state index < -0.39 is 10.1 Å². The number of nitrogen functional groups attached to an aromatic ring is 1. The van der Waals surface area contributed by atoms with E-state index >= 15 is 0 Å². The minimum Gasteiger partial charge on any atom is -0.398 e. The lowest BCUT2D eigenvalue weighted by molar-refractivity contribution is 0.483. The predicted molar refractivity (Wildman–Crippen MR) is 99.3 cm³/mol. The number of aryl methyl sites for hydroxylation is 2. The van der Waals surface area contributed by atoms with E-state index in [1.807, 2.05) is 12.1 Å². The van der Waals surface area contributed by atoms with E-state index in [1.165, 1.54) is 18.2 Å². The van der Waals surface area contributed by atoms with E-state index in [1.54, 1.807) is 6.07 Å². The summed E-state index contributed by atoms with van der Waals surface area (Å²) in [6.07, 6.45) is 3.60. The normalized spacial score (nSPS) is 12.0. The number of nitrogens with two attached hydrogens (primary N) is 1. The lowest BCUT2D eigenvalue weighted by atomic mass is 9.99. The summed E-state index contributed by atoms with van der Waals surface area (Å²) < 4.78 is 32.1. The molecule has 0 heterocycles. The van der Waals surface area contributed by atoms with Crippen molar-refractivity contribution in [1.29, 1.82) is 0 Å². The van der Waals surface area contributed by atoms with Crippen molar-refractivity contribution in [2.24, 2.45) is 10.2 Å². The Morgan fingerprint density at radius 3 is 2.08 bits per heavy atom. The molecule has 25 heavy (non-hydrogen) atoms. The number of anilines is 1. The molecule has 2 aromatic rings. The van der Waals surface area contributed by atoms with E-state index in [2.05, 4.69) is 24.1 Å². The Bertz CT molecular complexity index is 850. The van der Waals surface area contributed by atoms with Crippen molar-refractivity contribution in [3.63, 3.8) is 0 Å². The van der Waals surface area contributed by atoms with Crippen LogP contribution < -0.4 is 5.73 Å². The van der Waals surface area contributed by atoms with Gasteiger partial charge in [0.25, 0.3) is 10.1 Å². The predicted octanol–water partition coefficient (Wildman–Crippen LogP) is 4.84. The first-order valence-electron chi connectivity index (χ1n) is 8.26. The molecule has 0 aliphatic carbocycles. The van der Waals surface area contributed by atoms with Gasteiger partial charge in [0.05, 0.1) is 5.69 Å². The summed E-state index contributed by atoms with van der Waals surface area (Å²) in [5.74, 6) is 0. The fourth-order valence-corrected chi connectivity index (χ4v) is 3.26. The average molecular weight is 361 g/mol. The second kappa shape index (κ2) is 8.22. The standard InChI is InChI=1S/C18H23N3O3S/c1-3-7-13-11-15(12-14(8-4-2)18(13)19)20-21-16-9-5-6-10-17(16)25(22,23)24/h5-6,9-12H,3-4,7-8,19H2,1-2H3,(H,22,23,24). The van der Waals surface area contributed by atoms with Crippen LogP contribution in [-0.2, 0) is 23.0 Å². The monoisotopic (exact) mass is 361 g/mol. The first-order valence-corrected chi connectivity index (χ1v) is 9.70. The minimum absolute atomic E-state index is 0.0934. The van der Waals surface area contributed by atoms with Crippen LogP contribution in [0.4, 0.5) is 17.1 Å². The molecule has 0 amide bonds. The second-order valence-electron chi connectivity index (χ2n) is 5.82. The van der Waals surface area contributed by atoms with Crippen molar-refractivity contribution in [3.8, 4) is 0 Å². The van der Waals surface area contributed by atoms with Gasteiger partial charge in [0, 0.05) is 5.69 Å². The van der Waals surface area contributed by atoms with Crippen LogP contribution >= 0.6 is 0 Å². The fourth-order valence-electron chi connectivity index (χ4n) is 2.64. The van der Waals surface area contributed by atoms with Gasteiger partial charge in [-0.1, -0.05) is 38.8 Å². The molecule has 2 aromatic carbocycles. The molecule has 0 bridgehead atoms. The Morgan fingerprint density at radius 1 is 1.00 bits per heavy atom. The zero-order chi connectivity index (χ0) is 18.4. The summed E-state index contributed by atoms with van der Waals surface area (Å²) in [5, 5.41) is 8.19. The summed E-state index contributed by atoms with van der Waals surface area (Å²) in [5.41, 5.74) is 9.77. The first kappa shape index (κ1) is 19.1. The molecule has 3 N–H and O–H groups in total. The number of azo groups is 1. The lowest BCUT2D eigenvalue weighted by Gasteiger charge is -2.11. The van der Waals surface area contributed by atoms with Crippen LogP contribution in [0.5, 0.6) is 0 Å². The Kier molecular flexibility index (Phi) is 6.27. The quantitative estimate of drug-likeness (QED) is 0.418. The van der Waals surface area contributed by atoms with Crippen molar-refractivity contribution in [2.45, 2.75) is 44.4 Å². The van der Waals surface area contributed by atoms with E-state index in [0.29, 0.717) is 5.69 Å². The van der Waals surface area contributed by atoms with Crippen LogP contribution in [0.25, 0.3) is 0 Å². The molecule has 0 aromatic heterocycles. The third kappa shape index (κ3) is 4.87. The number of hydrogen-bond donors (Lipinski definition) is 2. The van der Waals surface area contributed by atoms with Gasteiger partial charge in [-0.25, -0.2) is 0 Å². The smallest absolute Gasteiger partial charge is 0.296 e. The zero-order valence-corrected chi connectivity index (χ0v) is 15.3. The minimum atomic E-state index is -4.35. The van der Waals surface area contributed by atoms with Crippen molar-refractivity contribution < 1.29 is 13.0 Å². The maximum Gasteiger partial charge on any atom is 0.296 e. The number of benzene rings is 2. The summed E-state index contributed by atoms with van der Waals surface area (Å²) in [7, 11) is -4.35. The molecular formula is C18H23N3O3S. The van der Waals surface area contributed by atoms with Crippen LogP contribution in [0.3, 0.4) is 0 Å². The van der Waals surface area contributed by atoms with E-state index in [0.717, 1.165) is 42.5 Å². The second-order valence-corrected chi connectivity index (χ2v) is 7.21. The molecule has 0 radical (unpaired) electrons. The molecule has 0 spiro atoms. The summed E-state index contributed by atoms with van der Waals surface area (Å²) in [4.78, 5) is -0.267. The Balaban J connectivity index is 2.45. The van der Waals surface area contributed by atoms with Gasteiger partial charge in [0.2, 0.25) is 0 Å². The molecular weight excluding hydrogens is 338 g/mol. The van der Waals surface area contributed by atoms with E-state index in [9.17, 15) is 13.0 Å². The molecule has 0 atom stereocenters. The number of nitrogens with zero attached hydrogens (tertiary/aromatic N) is 2. The number of hydrogen-bond acceptors (Lipinski definition) is 5. The summed E-state index contributed by atoms with van der Waals surface area (Å²) in [6, 6.07) is 9.68. The maximum absolute atomic E-state index is 11.4. The van der Waals surface area contributed by atoms with E-state index in [4.69, 9.17) is 5.73 Å². The van der Waals surface area contributed by atoms with Crippen LogP contribution in [-0.4, -0.2) is 13.0 Å². The average Bonchev–Trinajstić information content (AvgIpc) is 2.56. The van der Waals surface area contributed by atoms with Gasteiger partial charge >= 0.3 is 0 Å². The molecule has 0 aliphatic heterocycles. The van der Waals surface area contributed by atoms with Crippen molar-refractivity contribution in [2.75, 3.05) is 5.73 Å². The van der Waals surface area contributed by atoms with Crippen molar-refractivity contribution >= 4 is 27.2 Å². The van der Waals surface area contributed by atoms with Gasteiger partial charge in [-0.15, -0.1) is 5.11 Å². The van der Waals surface area contributed by atoms with Crippen LogP contribution in [0, 0.1) is 0 Å². The summed E-state index contributed by atoms with van der Waals surface area (Å²) in [6.45, 7) is 4.16. The summed E-state index contributed by atoms with van der Waals surface area (Å²) >= 11 is 0. The third-order valence-electron chi connectivity index (χ3n) is 3.79. The zero-order valence-electron chi connectivity index (χ0n) is 14.4. The molecule has 7 heteroatoms. The highest BCUT2D eigenvalue weighted by Crippen LogP contribution is 2.30. The van der Waals surface area contributed by atoms with Crippen LogP contribution in [0.2, 0.25) is 0 Å². The Morgan fingerprint density at radius 2 is 1.56 bits per heavy atom. The van der Waals surface area contributed by atoms with Crippen LogP contribution in [0.15, 0.2) is 51.5 Å². The van der Waals surface area contributed by atoms with Gasteiger partial charge in [-0.05, 0) is 48.2 Å². The molecule has 2 rings (SSSR count). The maximum atomic E-state index is 11.4. The molecule has 0 aliphatic rings.